The number of ether oxygens (including phenoxy) is 1. The van der Waals surface area contributed by atoms with E-state index in [0.29, 0.717) is 31.4 Å². The lowest BCUT2D eigenvalue weighted by Crippen LogP contribution is -2.33. The molecule has 2 aromatic carbocycles. The second-order valence-corrected chi connectivity index (χ2v) is 9.19. The maximum absolute atomic E-state index is 13.1. The second-order valence-electron chi connectivity index (χ2n) is 9.19. The average molecular weight is 457 g/mol. The van der Waals surface area contributed by atoms with Crippen LogP contribution >= 0.6 is 0 Å². The normalized spacial score (nSPS) is 15.9. The summed E-state index contributed by atoms with van der Waals surface area (Å²) < 4.78 is 7.39. The van der Waals surface area contributed by atoms with E-state index in [0.717, 1.165) is 65.2 Å². The van der Waals surface area contributed by atoms with Crippen LogP contribution in [0.4, 0.5) is 0 Å². The fourth-order valence-corrected chi connectivity index (χ4v) is 4.71. The van der Waals surface area contributed by atoms with Crippen LogP contribution in [0, 0.1) is 0 Å². The van der Waals surface area contributed by atoms with E-state index in [-0.39, 0.29) is 5.91 Å². The molecule has 3 heterocycles. The van der Waals surface area contributed by atoms with Crippen molar-refractivity contribution in [3.05, 3.63) is 76.9 Å². The fraction of sp³-hybridized carbons (Fsp3) is 0.346. The Bertz CT molecular complexity index is 1320. The minimum absolute atomic E-state index is 0.0614. The zero-order chi connectivity index (χ0) is 23.1. The smallest absolute Gasteiger partial charge is 0.272 e. The van der Waals surface area contributed by atoms with Gasteiger partial charge >= 0.3 is 0 Å². The number of hydrogen-bond acceptors (Lipinski definition) is 5. The molecule has 0 unspecified atom stereocenters. The molecule has 8 heteroatoms. The lowest BCUT2D eigenvalue weighted by molar-refractivity contribution is 0.0943. The SMILES string of the molecule is COc1cccc(Cn2nc(C(=O)NC3CC3)c3c2CCN(Cc2nc4ccccc4[nH]2)C3)c1. The Kier molecular flexibility index (Phi) is 5.30. The number of nitrogens with zero attached hydrogens (tertiary/aromatic N) is 4. The number of para-hydroxylation sites is 2. The molecular weight excluding hydrogens is 428 g/mol. The van der Waals surface area contributed by atoms with Crippen molar-refractivity contribution < 1.29 is 9.53 Å². The van der Waals surface area contributed by atoms with E-state index in [1.807, 2.05) is 47.1 Å². The van der Waals surface area contributed by atoms with E-state index in [4.69, 9.17) is 14.8 Å². The first kappa shape index (κ1) is 20.9. The van der Waals surface area contributed by atoms with Gasteiger partial charge < -0.3 is 15.0 Å². The van der Waals surface area contributed by atoms with E-state index in [9.17, 15) is 4.79 Å². The monoisotopic (exact) mass is 456 g/mol. The Balaban J connectivity index is 1.28. The van der Waals surface area contributed by atoms with Gasteiger partial charge in [-0.1, -0.05) is 24.3 Å². The van der Waals surface area contributed by atoms with Crippen molar-refractivity contribution in [2.75, 3.05) is 13.7 Å². The number of aromatic nitrogens is 4. The van der Waals surface area contributed by atoms with Crippen LogP contribution in [-0.2, 0) is 26.1 Å². The summed E-state index contributed by atoms with van der Waals surface area (Å²) in [6, 6.07) is 16.4. The summed E-state index contributed by atoms with van der Waals surface area (Å²) >= 11 is 0. The summed E-state index contributed by atoms with van der Waals surface area (Å²) in [4.78, 5) is 23.6. The molecule has 2 aliphatic rings. The molecule has 0 radical (unpaired) electrons. The van der Waals surface area contributed by atoms with E-state index in [1.54, 1.807) is 7.11 Å². The Morgan fingerprint density at radius 3 is 2.88 bits per heavy atom. The Morgan fingerprint density at radius 2 is 2.06 bits per heavy atom. The largest absolute Gasteiger partial charge is 0.497 e. The number of hydrogen-bond donors (Lipinski definition) is 2. The molecule has 2 N–H and O–H groups in total. The van der Waals surface area contributed by atoms with Gasteiger partial charge in [0.2, 0.25) is 0 Å². The maximum Gasteiger partial charge on any atom is 0.272 e. The van der Waals surface area contributed by atoms with Crippen molar-refractivity contribution in [2.24, 2.45) is 0 Å². The summed E-state index contributed by atoms with van der Waals surface area (Å²) in [5.41, 5.74) is 5.85. The van der Waals surface area contributed by atoms with Crippen LogP contribution in [0.1, 0.15) is 46.0 Å². The van der Waals surface area contributed by atoms with Crippen molar-refractivity contribution in [1.29, 1.82) is 0 Å². The zero-order valence-electron chi connectivity index (χ0n) is 19.3. The highest BCUT2D eigenvalue weighted by Crippen LogP contribution is 2.27. The summed E-state index contributed by atoms with van der Waals surface area (Å²) in [7, 11) is 1.67. The van der Waals surface area contributed by atoms with Gasteiger partial charge in [0.25, 0.3) is 5.91 Å². The third-order valence-electron chi connectivity index (χ3n) is 6.62. The molecule has 2 aromatic heterocycles. The van der Waals surface area contributed by atoms with Gasteiger partial charge in [0.05, 0.1) is 31.2 Å². The number of benzene rings is 2. The molecule has 34 heavy (non-hydrogen) atoms. The molecule has 0 bridgehead atoms. The molecule has 1 aliphatic carbocycles. The van der Waals surface area contributed by atoms with Gasteiger partial charge in [-0.2, -0.15) is 5.10 Å². The van der Waals surface area contributed by atoms with E-state index >= 15 is 0 Å². The number of fused-ring (bicyclic) bond motifs is 2. The van der Waals surface area contributed by atoms with Gasteiger partial charge in [-0.15, -0.1) is 0 Å². The van der Waals surface area contributed by atoms with Crippen molar-refractivity contribution in [1.82, 2.24) is 30.0 Å². The number of rotatable bonds is 7. The third kappa shape index (κ3) is 4.17. The lowest BCUT2D eigenvalue weighted by Gasteiger charge is -2.27. The summed E-state index contributed by atoms with van der Waals surface area (Å²) in [6.45, 7) is 2.88. The van der Waals surface area contributed by atoms with Crippen LogP contribution in [0.3, 0.4) is 0 Å². The maximum atomic E-state index is 13.1. The number of nitrogens with one attached hydrogen (secondary N) is 2. The predicted molar refractivity (Wildman–Crippen MR) is 129 cm³/mol. The number of carbonyl (C=O) groups excluding carboxylic acids is 1. The first-order chi connectivity index (χ1) is 16.7. The van der Waals surface area contributed by atoms with Crippen LogP contribution in [0.2, 0.25) is 0 Å². The number of methoxy groups -OCH3 is 1. The molecule has 4 aromatic rings. The van der Waals surface area contributed by atoms with Gasteiger partial charge in [0.15, 0.2) is 5.69 Å². The van der Waals surface area contributed by atoms with Gasteiger partial charge in [-0.3, -0.25) is 14.4 Å². The highest BCUT2D eigenvalue weighted by Gasteiger charge is 2.31. The molecule has 174 valence electrons. The molecule has 1 amide bonds. The molecule has 0 spiro atoms. The highest BCUT2D eigenvalue weighted by molar-refractivity contribution is 5.94. The van der Waals surface area contributed by atoms with Crippen LogP contribution in [0.5, 0.6) is 5.75 Å². The quantitative estimate of drug-likeness (QED) is 0.446. The Hall–Kier alpha value is -3.65. The standard InChI is InChI=1S/C26H28N6O2/c1-34-19-6-4-5-17(13-19)14-32-23-11-12-31(16-24-28-21-7-2-3-8-22(21)29-24)15-20(23)25(30-32)26(33)27-18-9-10-18/h2-8,13,18H,9-12,14-16H2,1H3,(H,27,33)(H,28,29). The molecule has 6 rings (SSSR count). The van der Waals surface area contributed by atoms with E-state index in [1.165, 1.54) is 0 Å². The molecule has 8 nitrogen and oxygen atoms in total. The number of imidazole rings is 1. The summed E-state index contributed by atoms with van der Waals surface area (Å²) in [5.74, 6) is 1.70. The molecule has 0 atom stereocenters. The molecule has 0 saturated heterocycles. The van der Waals surface area contributed by atoms with E-state index < -0.39 is 0 Å². The molecule has 1 aliphatic heterocycles. The van der Waals surface area contributed by atoms with Crippen molar-refractivity contribution in [3.63, 3.8) is 0 Å². The fourth-order valence-electron chi connectivity index (χ4n) is 4.71. The van der Waals surface area contributed by atoms with Crippen LogP contribution in [0.25, 0.3) is 11.0 Å². The van der Waals surface area contributed by atoms with Crippen molar-refractivity contribution in [3.8, 4) is 5.75 Å². The Labute approximate surface area is 197 Å². The Morgan fingerprint density at radius 1 is 1.18 bits per heavy atom. The van der Waals surface area contributed by atoms with Gasteiger partial charge in [0, 0.05) is 36.8 Å². The lowest BCUT2D eigenvalue weighted by atomic mass is 10.0. The predicted octanol–water partition coefficient (Wildman–Crippen LogP) is 3.27. The zero-order valence-corrected chi connectivity index (χ0v) is 19.3. The third-order valence-corrected chi connectivity index (χ3v) is 6.62. The second kappa shape index (κ2) is 8.61. The van der Waals surface area contributed by atoms with Gasteiger partial charge in [-0.05, 0) is 42.7 Å². The van der Waals surface area contributed by atoms with Gasteiger partial charge in [0.1, 0.15) is 11.6 Å². The number of aromatic amines is 1. The van der Waals surface area contributed by atoms with Crippen LogP contribution in [-0.4, -0.2) is 50.3 Å². The highest BCUT2D eigenvalue weighted by atomic mass is 16.5. The first-order valence-electron chi connectivity index (χ1n) is 11.8. The summed E-state index contributed by atoms with van der Waals surface area (Å²) in [6.07, 6.45) is 2.94. The number of H-pyrrole nitrogens is 1. The first-order valence-corrected chi connectivity index (χ1v) is 11.8. The summed E-state index contributed by atoms with van der Waals surface area (Å²) in [5, 5.41) is 7.94. The molecular formula is C26H28N6O2. The van der Waals surface area contributed by atoms with Crippen LogP contribution in [0.15, 0.2) is 48.5 Å². The van der Waals surface area contributed by atoms with Crippen LogP contribution < -0.4 is 10.1 Å². The topological polar surface area (TPSA) is 88.1 Å². The van der Waals surface area contributed by atoms with Crippen molar-refractivity contribution >= 4 is 16.9 Å². The molecule has 1 fully saturated rings. The number of amides is 1. The average Bonchev–Trinajstić information content (AvgIpc) is 3.46. The minimum atomic E-state index is -0.0614. The molecule has 1 saturated carbocycles. The van der Waals surface area contributed by atoms with E-state index in [2.05, 4.69) is 21.3 Å². The minimum Gasteiger partial charge on any atom is -0.497 e. The van der Waals surface area contributed by atoms with Crippen molar-refractivity contribution in [2.45, 2.75) is 44.9 Å². The number of carbonyl (C=O) groups is 1. The van der Waals surface area contributed by atoms with Gasteiger partial charge in [-0.25, -0.2) is 4.98 Å².